The molecule has 0 fully saturated rings. The molecule has 3 aliphatic carbocycles. The quantitative estimate of drug-likeness (QED) is 0.187. The molecule has 36 heavy (non-hydrogen) atoms. The maximum atomic E-state index is 3.82. The molecule has 6 aromatic carbocycles. The van der Waals surface area contributed by atoms with Gasteiger partial charge in [-0.05, 0) is 95.7 Å². The highest BCUT2D eigenvalue weighted by atomic mass is 79.9. The first-order valence-corrected chi connectivity index (χ1v) is 13.3. The van der Waals surface area contributed by atoms with Crippen LogP contribution in [0.4, 0.5) is 0 Å². The van der Waals surface area contributed by atoms with E-state index in [9.17, 15) is 0 Å². The Kier molecular flexibility index (Phi) is 3.44. The topological polar surface area (TPSA) is 0 Å². The molecule has 0 nitrogen and oxygen atoms in total. The Morgan fingerprint density at radius 3 is 1.83 bits per heavy atom. The smallest absolute Gasteiger partial charge is 0.0619 e. The van der Waals surface area contributed by atoms with Crippen molar-refractivity contribution in [1.29, 1.82) is 0 Å². The Labute approximate surface area is 218 Å². The Hall–Kier alpha value is -3.94. The lowest BCUT2D eigenvalue weighted by Crippen LogP contribution is -2.26. The van der Waals surface area contributed by atoms with Gasteiger partial charge in [0.2, 0.25) is 0 Å². The van der Waals surface area contributed by atoms with Crippen LogP contribution >= 0.6 is 15.9 Å². The minimum atomic E-state index is -0.333. The summed E-state index contributed by atoms with van der Waals surface area (Å²) in [5.41, 5.74) is 16.1. The van der Waals surface area contributed by atoms with Gasteiger partial charge in [-0.25, -0.2) is 0 Å². The second-order valence-corrected chi connectivity index (χ2v) is 11.1. The molecule has 0 aromatic heterocycles. The molecule has 0 saturated heterocycles. The average Bonchev–Trinajstić information content (AvgIpc) is 3.52. The Morgan fingerprint density at radius 1 is 0.417 bits per heavy atom. The largest absolute Gasteiger partial charge is 0.0726 e. The van der Waals surface area contributed by atoms with Crippen LogP contribution in [0.3, 0.4) is 0 Å². The lowest BCUT2D eigenvalue weighted by molar-refractivity contribution is 0.794. The summed E-state index contributed by atoms with van der Waals surface area (Å²) in [6, 6.07) is 43.2. The van der Waals surface area contributed by atoms with Crippen LogP contribution in [0.25, 0.3) is 55.3 Å². The van der Waals surface area contributed by atoms with Crippen molar-refractivity contribution in [3.05, 3.63) is 142 Å². The third-order valence-corrected chi connectivity index (χ3v) is 9.17. The molecule has 1 heteroatoms. The van der Waals surface area contributed by atoms with E-state index in [-0.39, 0.29) is 5.41 Å². The predicted octanol–water partition coefficient (Wildman–Crippen LogP) is 9.59. The Balaban J connectivity index is 1.55. The third-order valence-electron chi connectivity index (χ3n) is 8.68. The summed E-state index contributed by atoms with van der Waals surface area (Å²) >= 11 is 3.82. The van der Waals surface area contributed by atoms with Gasteiger partial charge in [-0.1, -0.05) is 113 Å². The highest BCUT2D eigenvalue weighted by molar-refractivity contribution is 9.10. The fourth-order valence-electron chi connectivity index (χ4n) is 7.47. The molecule has 9 rings (SSSR count). The van der Waals surface area contributed by atoms with Gasteiger partial charge in [0.1, 0.15) is 0 Å². The van der Waals surface area contributed by atoms with E-state index < -0.39 is 0 Å². The zero-order chi connectivity index (χ0) is 23.6. The van der Waals surface area contributed by atoms with Crippen LogP contribution in [0.15, 0.2) is 120 Å². The van der Waals surface area contributed by atoms with Crippen molar-refractivity contribution in [2.45, 2.75) is 5.41 Å². The van der Waals surface area contributed by atoms with E-state index in [2.05, 4.69) is 131 Å². The number of hydrogen-bond donors (Lipinski definition) is 0. The summed E-state index contributed by atoms with van der Waals surface area (Å²) in [4.78, 5) is 0. The molecule has 166 valence electrons. The van der Waals surface area contributed by atoms with Gasteiger partial charge in [-0.3, -0.25) is 0 Å². The Morgan fingerprint density at radius 2 is 1.03 bits per heavy atom. The highest BCUT2D eigenvalue weighted by Gasteiger charge is 2.52. The molecular formula is C35H19Br. The van der Waals surface area contributed by atoms with Gasteiger partial charge in [0.05, 0.1) is 5.41 Å². The van der Waals surface area contributed by atoms with Gasteiger partial charge in [-0.2, -0.15) is 0 Å². The normalized spacial score (nSPS) is 17.1. The van der Waals surface area contributed by atoms with E-state index >= 15 is 0 Å². The molecule has 0 saturated carbocycles. The van der Waals surface area contributed by atoms with Crippen molar-refractivity contribution < 1.29 is 0 Å². The molecule has 1 atom stereocenters. The molecule has 0 aliphatic heterocycles. The lowest BCUT2D eigenvalue weighted by atomic mass is 9.70. The number of halogens is 1. The van der Waals surface area contributed by atoms with E-state index in [0.717, 1.165) is 4.47 Å². The molecule has 6 aromatic rings. The minimum Gasteiger partial charge on any atom is -0.0619 e. The molecule has 1 unspecified atom stereocenters. The zero-order valence-electron chi connectivity index (χ0n) is 19.3. The van der Waals surface area contributed by atoms with Gasteiger partial charge in [-0.15, -0.1) is 0 Å². The number of fused-ring (bicyclic) bond motifs is 14. The van der Waals surface area contributed by atoms with Crippen molar-refractivity contribution in [2.75, 3.05) is 0 Å². The van der Waals surface area contributed by atoms with E-state index in [1.807, 2.05) is 0 Å². The van der Waals surface area contributed by atoms with Crippen molar-refractivity contribution in [3.8, 4) is 44.5 Å². The second kappa shape index (κ2) is 6.43. The summed E-state index contributed by atoms with van der Waals surface area (Å²) in [5, 5.41) is 2.76. The number of benzene rings is 6. The maximum Gasteiger partial charge on any atom is 0.0726 e. The average molecular weight is 519 g/mol. The van der Waals surface area contributed by atoms with Gasteiger partial charge >= 0.3 is 0 Å². The molecule has 0 radical (unpaired) electrons. The number of hydrogen-bond acceptors (Lipinski definition) is 0. The van der Waals surface area contributed by atoms with Crippen LogP contribution in [-0.4, -0.2) is 0 Å². The molecule has 1 spiro atoms. The fraction of sp³-hybridized carbons (Fsp3) is 0.0286. The molecule has 0 amide bonds. The first-order valence-electron chi connectivity index (χ1n) is 12.5. The standard InChI is InChI=1S/C35H19Br/c36-20-16-17-24-23-10-3-5-14-29(23)35(31(24)18-20)30-15-6-4-11-26(30)34-27-13-7-12-25-21-8-1-2-9-22(21)28(33(25)27)19-32(34)35/h1-19H. The van der Waals surface area contributed by atoms with E-state index in [1.54, 1.807) is 0 Å². The molecule has 0 heterocycles. The molecule has 0 bridgehead atoms. The Bertz CT molecular complexity index is 1960. The summed E-state index contributed by atoms with van der Waals surface area (Å²) < 4.78 is 1.12. The van der Waals surface area contributed by atoms with E-state index in [0.29, 0.717) is 0 Å². The summed E-state index contributed by atoms with van der Waals surface area (Å²) in [6.45, 7) is 0. The minimum absolute atomic E-state index is 0.333. The predicted molar refractivity (Wildman–Crippen MR) is 152 cm³/mol. The van der Waals surface area contributed by atoms with Crippen LogP contribution in [-0.2, 0) is 5.41 Å². The van der Waals surface area contributed by atoms with Gasteiger partial charge < -0.3 is 0 Å². The summed E-state index contributed by atoms with van der Waals surface area (Å²) in [5.74, 6) is 0. The summed E-state index contributed by atoms with van der Waals surface area (Å²) in [6.07, 6.45) is 0. The van der Waals surface area contributed by atoms with Crippen molar-refractivity contribution in [2.24, 2.45) is 0 Å². The third kappa shape index (κ3) is 2.02. The van der Waals surface area contributed by atoms with E-state index in [4.69, 9.17) is 0 Å². The fourth-order valence-corrected chi connectivity index (χ4v) is 7.83. The van der Waals surface area contributed by atoms with Crippen molar-refractivity contribution in [3.63, 3.8) is 0 Å². The SMILES string of the molecule is Brc1ccc2c(c1)C1(c3ccccc3-2)c2ccccc2-c2c1cc1c3c(cccc23)-c2ccccc2-1. The summed E-state index contributed by atoms with van der Waals surface area (Å²) in [7, 11) is 0. The molecular weight excluding hydrogens is 500 g/mol. The zero-order valence-corrected chi connectivity index (χ0v) is 20.9. The first-order chi connectivity index (χ1) is 17.8. The van der Waals surface area contributed by atoms with Crippen molar-refractivity contribution in [1.82, 2.24) is 0 Å². The van der Waals surface area contributed by atoms with Gasteiger partial charge in [0.25, 0.3) is 0 Å². The number of rotatable bonds is 0. The van der Waals surface area contributed by atoms with Crippen LogP contribution in [0.2, 0.25) is 0 Å². The lowest BCUT2D eigenvalue weighted by Gasteiger charge is -2.31. The van der Waals surface area contributed by atoms with Crippen LogP contribution in [0, 0.1) is 0 Å². The maximum absolute atomic E-state index is 3.82. The molecule has 0 N–H and O–H groups in total. The second-order valence-electron chi connectivity index (χ2n) is 10.2. The monoisotopic (exact) mass is 518 g/mol. The molecule has 3 aliphatic rings. The van der Waals surface area contributed by atoms with Crippen LogP contribution < -0.4 is 0 Å². The van der Waals surface area contributed by atoms with Gasteiger partial charge in [0, 0.05) is 4.47 Å². The van der Waals surface area contributed by atoms with Crippen molar-refractivity contribution >= 4 is 26.7 Å². The van der Waals surface area contributed by atoms with Gasteiger partial charge in [0.15, 0.2) is 0 Å². The van der Waals surface area contributed by atoms with Crippen LogP contribution in [0.5, 0.6) is 0 Å². The van der Waals surface area contributed by atoms with Crippen LogP contribution in [0.1, 0.15) is 22.3 Å². The van der Waals surface area contributed by atoms with E-state index in [1.165, 1.54) is 77.5 Å². The first kappa shape index (κ1) is 19.3. The highest BCUT2D eigenvalue weighted by Crippen LogP contribution is 2.65.